The Bertz CT molecular complexity index is 682. The zero-order valence-corrected chi connectivity index (χ0v) is 13.9. The zero-order chi connectivity index (χ0) is 16.8. The second-order valence-electron chi connectivity index (χ2n) is 5.83. The van der Waals surface area contributed by atoms with Crippen molar-refractivity contribution in [2.45, 2.75) is 25.8 Å². The van der Waals surface area contributed by atoms with E-state index in [1.807, 2.05) is 29.2 Å². The van der Waals surface area contributed by atoms with Gasteiger partial charge < -0.3 is 15.0 Å². The Morgan fingerprint density at radius 2 is 1.92 bits per heavy atom. The van der Waals surface area contributed by atoms with Crippen molar-refractivity contribution in [3.8, 4) is 5.88 Å². The summed E-state index contributed by atoms with van der Waals surface area (Å²) in [6.45, 7) is 2.33. The monoisotopic (exact) mass is 326 g/mol. The van der Waals surface area contributed by atoms with E-state index >= 15 is 0 Å². The normalized spacial score (nSPS) is 14.3. The summed E-state index contributed by atoms with van der Waals surface area (Å²) in [5.74, 6) is 1.17. The average Bonchev–Trinajstić information content (AvgIpc) is 2.67. The Balaban J connectivity index is 1.58. The Kier molecular flexibility index (Phi) is 5.25. The van der Waals surface area contributed by atoms with E-state index in [0.717, 1.165) is 37.1 Å². The van der Waals surface area contributed by atoms with Gasteiger partial charge in [0, 0.05) is 37.5 Å². The van der Waals surface area contributed by atoms with Crippen molar-refractivity contribution in [1.82, 2.24) is 14.9 Å². The predicted molar refractivity (Wildman–Crippen MR) is 92.1 cm³/mol. The summed E-state index contributed by atoms with van der Waals surface area (Å²) in [4.78, 5) is 22.7. The first-order valence-electron chi connectivity index (χ1n) is 8.25. The number of nitrogens with zero attached hydrogens (tertiary/aromatic N) is 3. The van der Waals surface area contributed by atoms with E-state index < -0.39 is 0 Å². The van der Waals surface area contributed by atoms with E-state index in [1.54, 1.807) is 19.4 Å². The highest BCUT2D eigenvalue weighted by Crippen LogP contribution is 2.14. The lowest BCUT2D eigenvalue weighted by atomic mass is 10.1. The molecule has 0 radical (unpaired) electrons. The van der Waals surface area contributed by atoms with E-state index in [0.29, 0.717) is 18.4 Å². The number of piperidine rings is 1. The number of likely N-dealkylation sites (tertiary alicyclic amines) is 1. The van der Waals surface area contributed by atoms with Crippen LogP contribution in [0.15, 0.2) is 36.5 Å². The summed E-state index contributed by atoms with van der Waals surface area (Å²) in [6, 6.07) is 9.40. The molecular weight excluding hydrogens is 304 g/mol. The van der Waals surface area contributed by atoms with Gasteiger partial charge in [-0.05, 0) is 37.0 Å². The van der Waals surface area contributed by atoms with Crippen LogP contribution in [0.25, 0.3) is 0 Å². The molecule has 3 rings (SSSR count). The zero-order valence-electron chi connectivity index (χ0n) is 13.9. The van der Waals surface area contributed by atoms with Crippen molar-refractivity contribution in [1.29, 1.82) is 0 Å². The molecule has 24 heavy (non-hydrogen) atoms. The molecule has 2 heterocycles. The predicted octanol–water partition coefficient (Wildman–Crippen LogP) is 2.72. The summed E-state index contributed by atoms with van der Waals surface area (Å²) >= 11 is 0. The van der Waals surface area contributed by atoms with Crippen molar-refractivity contribution < 1.29 is 9.53 Å². The van der Waals surface area contributed by atoms with Crippen molar-refractivity contribution in [2.75, 3.05) is 25.5 Å². The number of benzene rings is 1. The fraction of sp³-hybridized carbons (Fsp3) is 0.389. The summed E-state index contributed by atoms with van der Waals surface area (Å²) < 4.78 is 5.07. The van der Waals surface area contributed by atoms with E-state index in [1.165, 1.54) is 6.42 Å². The minimum absolute atomic E-state index is 0.130. The number of hydrogen-bond donors (Lipinski definition) is 1. The number of nitrogens with one attached hydrogen (secondary N) is 1. The highest BCUT2D eigenvalue weighted by molar-refractivity contribution is 5.94. The molecule has 1 aromatic carbocycles. The highest BCUT2D eigenvalue weighted by atomic mass is 16.5. The van der Waals surface area contributed by atoms with Crippen LogP contribution in [-0.4, -0.2) is 41.0 Å². The van der Waals surface area contributed by atoms with Gasteiger partial charge in [0.25, 0.3) is 5.91 Å². The molecule has 1 aromatic heterocycles. The molecular formula is C18H22N4O2. The number of methoxy groups -OCH3 is 1. The van der Waals surface area contributed by atoms with Gasteiger partial charge in [0.2, 0.25) is 11.8 Å². The molecule has 1 aliphatic heterocycles. The van der Waals surface area contributed by atoms with Crippen LogP contribution in [0, 0.1) is 0 Å². The van der Waals surface area contributed by atoms with Crippen LogP contribution in [0.3, 0.4) is 0 Å². The second-order valence-corrected chi connectivity index (χ2v) is 5.83. The first-order chi connectivity index (χ1) is 11.8. The van der Waals surface area contributed by atoms with Crippen LogP contribution in [-0.2, 0) is 6.54 Å². The number of aromatic nitrogens is 2. The molecule has 0 atom stereocenters. The van der Waals surface area contributed by atoms with Gasteiger partial charge in [-0.1, -0.05) is 12.1 Å². The van der Waals surface area contributed by atoms with E-state index in [-0.39, 0.29) is 5.91 Å². The third-order valence-corrected chi connectivity index (χ3v) is 4.13. The number of hydrogen-bond acceptors (Lipinski definition) is 5. The molecule has 6 nitrogen and oxygen atoms in total. The minimum Gasteiger partial charge on any atom is -0.481 e. The number of ether oxygens (including phenoxy) is 1. The maximum atomic E-state index is 12.4. The maximum absolute atomic E-state index is 12.4. The molecule has 6 heteroatoms. The van der Waals surface area contributed by atoms with Gasteiger partial charge >= 0.3 is 0 Å². The summed E-state index contributed by atoms with van der Waals surface area (Å²) in [7, 11) is 1.57. The molecule has 0 unspecified atom stereocenters. The fourth-order valence-corrected chi connectivity index (χ4v) is 2.77. The molecule has 1 saturated heterocycles. The summed E-state index contributed by atoms with van der Waals surface area (Å²) in [5.41, 5.74) is 1.81. The quantitative estimate of drug-likeness (QED) is 0.915. The molecule has 126 valence electrons. The molecule has 0 aliphatic carbocycles. The third kappa shape index (κ3) is 4.01. The standard InChI is InChI=1S/C18H22N4O2/c1-24-16-9-10-19-18(21-16)20-13-14-5-7-15(8-6-14)17(23)22-11-3-2-4-12-22/h5-10H,2-4,11-13H2,1H3,(H,19,20,21). The fourth-order valence-electron chi connectivity index (χ4n) is 2.77. The van der Waals surface area contributed by atoms with Crippen molar-refractivity contribution in [3.63, 3.8) is 0 Å². The topological polar surface area (TPSA) is 67.3 Å². The molecule has 0 saturated carbocycles. The van der Waals surface area contributed by atoms with Crippen LogP contribution in [0.1, 0.15) is 35.2 Å². The number of carbonyl (C=O) groups is 1. The van der Waals surface area contributed by atoms with Crippen molar-refractivity contribution >= 4 is 11.9 Å². The van der Waals surface area contributed by atoms with Crippen LogP contribution < -0.4 is 10.1 Å². The van der Waals surface area contributed by atoms with Crippen LogP contribution in [0.2, 0.25) is 0 Å². The van der Waals surface area contributed by atoms with E-state index in [2.05, 4.69) is 15.3 Å². The molecule has 1 aliphatic rings. The lowest BCUT2D eigenvalue weighted by Crippen LogP contribution is -2.35. The van der Waals surface area contributed by atoms with Crippen LogP contribution in [0.5, 0.6) is 5.88 Å². The van der Waals surface area contributed by atoms with Gasteiger partial charge in [0.15, 0.2) is 0 Å². The Hall–Kier alpha value is -2.63. The lowest BCUT2D eigenvalue weighted by Gasteiger charge is -2.26. The SMILES string of the molecule is COc1ccnc(NCc2ccc(C(=O)N3CCCCC3)cc2)n1. The molecule has 0 spiro atoms. The smallest absolute Gasteiger partial charge is 0.253 e. The first-order valence-corrected chi connectivity index (χ1v) is 8.25. The summed E-state index contributed by atoms with van der Waals surface area (Å²) in [5, 5.41) is 3.15. The van der Waals surface area contributed by atoms with Crippen LogP contribution in [0.4, 0.5) is 5.95 Å². The average molecular weight is 326 g/mol. The number of amides is 1. The highest BCUT2D eigenvalue weighted by Gasteiger charge is 2.17. The van der Waals surface area contributed by atoms with E-state index in [4.69, 9.17) is 4.74 Å². The molecule has 2 aromatic rings. The van der Waals surface area contributed by atoms with Gasteiger partial charge in [-0.3, -0.25) is 4.79 Å². The number of anilines is 1. The number of carbonyl (C=O) groups excluding carboxylic acids is 1. The Labute approximate surface area is 141 Å². The third-order valence-electron chi connectivity index (χ3n) is 4.13. The summed E-state index contributed by atoms with van der Waals surface area (Å²) in [6.07, 6.45) is 5.08. The molecule has 0 bridgehead atoms. The van der Waals surface area contributed by atoms with Gasteiger partial charge in [-0.15, -0.1) is 0 Å². The van der Waals surface area contributed by atoms with Crippen molar-refractivity contribution in [2.24, 2.45) is 0 Å². The Morgan fingerprint density at radius 3 is 2.62 bits per heavy atom. The molecule has 1 fully saturated rings. The van der Waals surface area contributed by atoms with Gasteiger partial charge in [-0.2, -0.15) is 4.98 Å². The minimum atomic E-state index is 0.130. The second kappa shape index (κ2) is 7.77. The number of rotatable bonds is 5. The van der Waals surface area contributed by atoms with Crippen LogP contribution >= 0.6 is 0 Å². The molecule has 1 amide bonds. The first kappa shape index (κ1) is 16.2. The van der Waals surface area contributed by atoms with Crippen molar-refractivity contribution in [3.05, 3.63) is 47.7 Å². The van der Waals surface area contributed by atoms with Gasteiger partial charge in [0.1, 0.15) is 0 Å². The lowest BCUT2D eigenvalue weighted by molar-refractivity contribution is 0.0724. The van der Waals surface area contributed by atoms with Gasteiger partial charge in [-0.25, -0.2) is 4.98 Å². The maximum Gasteiger partial charge on any atom is 0.253 e. The Morgan fingerprint density at radius 1 is 1.17 bits per heavy atom. The van der Waals surface area contributed by atoms with E-state index in [9.17, 15) is 4.79 Å². The van der Waals surface area contributed by atoms with Gasteiger partial charge in [0.05, 0.1) is 7.11 Å². The molecule has 1 N–H and O–H groups in total. The largest absolute Gasteiger partial charge is 0.481 e.